The highest BCUT2D eigenvalue weighted by Gasteiger charge is 2.26. The first kappa shape index (κ1) is 15.5. The molecule has 106 valence electrons. The van der Waals surface area contributed by atoms with Gasteiger partial charge in [0.15, 0.2) is 0 Å². The van der Waals surface area contributed by atoms with Gasteiger partial charge in [0, 0.05) is 6.42 Å². The molecule has 0 aromatic heterocycles. The van der Waals surface area contributed by atoms with Crippen LogP contribution in [0.5, 0.6) is 0 Å². The first-order valence-corrected chi connectivity index (χ1v) is 6.29. The molecule has 19 heavy (non-hydrogen) atoms. The van der Waals surface area contributed by atoms with Crippen LogP contribution < -0.4 is 0 Å². The van der Waals surface area contributed by atoms with E-state index < -0.39 is 5.97 Å². The van der Waals surface area contributed by atoms with Crippen LogP contribution in [-0.4, -0.2) is 49.2 Å². The minimum absolute atomic E-state index is 0.0149. The van der Waals surface area contributed by atoms with Crippen molar-refractivity contribution in [2.75, 3.05) is 20.2 Å². The average molecular weight is 268 g/mol. The van der Waals surface area contributed by atoms with Crippen molar-refractivity contribution in [3.8, 4) is 11.8 Å². The summed E-state index contributed by atoms with van der Waals surface area (Å²) in [6.45, 7) is 6.79. The predicted molar refractivity (Wildman–Crippen MR) is 70.2 cm³/mol. The predicted octanol–water partition coefficient (Wildman–Crippen LogP) is 0.970. The van der Waals surface area contributed by atoms with E-state index in [2.05, 4.69) is 21.8 Å². The Bertz CT molecular complexity index is 387. The molecule has 1 saturated heterocycles. The third-order valence-corrected chi connectivity index (χ3v) is 2.36. The highest BCUT2D eigenvalue weighted by Crippen LogP contribution is 2.11. The van der Waals surface area contributed by atoms with Crippen molar-refractivity contribution in [1.82, 2.24) is 5.06 Å². The molecule has 0 aliphatic carbocycles. The second kappa shape index (κ2) is 7.77. The Morgan fingerprint density at radius 1 is 1.42 bits per heavy atom. The largest absolute Gasteiger partial charge is 0.398 e. The van der Waals surface area contributed by atoms with Crippen molar-refractivity contribution < 1.29 is 19.2 Å². The van der Waals surface area contributed by atoms with Crippen LogP contribution in [0, 0.1) is 11.8 Å². The molecule has 0 spiro atoms. The first-order chi connectivity index (χ1) is 9.06. The summed E-state index contributed by atoms with van der Waals surface area (Å²) in [6, 6.07) is 0. The minimum atomic E-state index is -0.607. The van der Waals surface area contributed by atoms with Gasteiger partial charge in [-0.1, -0.05) is 18.0 Å². The van der Waals surface area contributed by atoms with Gasteiger partial charge in [0.2, 0.25) is 5.71 Å². The molecule has 1 aliphatic heterocycles. The number of hydrogen-bond donors (Lipinski definition) is 0. The lowest BCUT2D eigenvalue weighted by atomic mass is 10.3. The molecule has 0 bridgehead atoms. The lowest BCUT2D eigenvalue weighted by Gasteiger charge is -2.33. The van der Waals surface area contributed by atoms with Gasteiger partial charge in [-0.25, -0.2) is 4.79 Å². The maximum atomic E-state index is 11.9. The highest BCUT2D eigenvalue weighted by atomic mass is 16.7. The van der Waals surface area contributed by atoms with Crippen molar-refractivity contribution in [2.45, 2.75) is 39.4 Å². The standard InChI is InChI=1S/C13H20N2O4/c1-5-6-7-12(14-17-4)13(16)19-15-8-10(2)18-11(3)9-15/h10-11H,5,8-9H2,1-4H3. The summed E-state index contributed by atoms with van der Waals surface area (Å²) in [5.41, 5.74) is -0.0313. The number of hydrogen-bond acceptors (Lipinski definition) is 6. The zero-order chi connectivity index (χ0) is 14.3. The van der Waals surface area contributed by atoms with Crippen LogP contribution in [0.1, 0.15) is 27.2 Å². The van der Waals surface area contributed by atoms with Gasteiger partial charge in [0.05, 0.1) is 25.3 Å². The van der Waals surface area contributed by atoms with Gasteiger partial charge < -0.3 is 14.4 Å². The molecule has 6 nitrogen and oxygen atoms in total. The van der Waals surface area contributed by atoms with Crippen molar-refractivity contribution in [3.63, 3.8) is 0 Å². The normalized spacial score (nSPS) is 24.3. The van der Waals surface area contributed by atoms with Gasteiger partial charge in [-0.15, -0.1) is 5.06 Å². The zero-order valence-electron chi connectivity index (χ0n) is 11.8. The van der Waals surface area contributed by atoms with Gasteiger partial charge >= 0.3 is 5.97 Å². The van der Waals surface area contributed by atoms with Crippen LogP contribution in [0.15, 0.2) is 5.16 Å². The van der Waals surface area contributed by atoms with Crippen LogP contribution in [0.2, 0.25) is 0 Å². The van der Waals surface area contributed by atoms with Crippen LogP contribution in [0.25, 0.3) is 0 Å². The number of carbonyl (C=O) groups excluding carboxylic acids is 1. The van der Waals surface area contributed by atoms with E-state index in [9.17, 15) is 4.79 Å². The SMILES string of the molecule is CCC#CC(=NOC)C(=O)ON1CC(C)OC(C)C1. The van der Waals surface area contributed by atoms with Gasteiger partial charge in [-0.2, -0.15) is 0 Å². The summed E-state index contributed by atoms with van der Waals surface area (Å²) < 4.78 is 5.55. The van der Waals surface area contributed by atoms with Crippen LogP contribution in [0.3, 0.4) is 0 Å². The fraction of sp³-hybridized carbons (Fsp3) is 0.692. The Morgan fingerprint density at radius 3 is 2.58 bits per heavy atom. The van der Waals surface area contributed by atoms with E-state index in [0.717, 1.165) is 0 Å². The van der Waals surface area contributed by atoms with E-state index in [1.165, 1.54) is 7.11 Å². The molecular formula is C13H20N2O4. The summed E-state index contributed by atoms with van der Waals surface area (Å²) in [4.78, 5) is 21.7. The Kier molecular flexibility index (Phi) is 6.33. The number of carbonyl (C=O) groups is 1. The summed E-state index contributed by atoms with van der Waals surface area (Å²) in [5, 5.41) is 5.15. The third kappa shape index (κ3) is 5.28. The molecular weight excluding hydrogens is 248 g/mol. The lowest BCUT2D eigenvalue weighted by molar-refractivity contribution is -0.217. The molecule has 0 aromatic carbocycles. The molecule has 0 radical (unpaired) electrons. The number of nitrogens with zero attached hydrogens (tertiary/aromatic N) is 2. The van der Waals surface area contributed by atoms with Crippen molar-refractivity contribution in [3.05, 3.63) is 0 Å². The summed E-state index contributed by atoms with van der Waals surface area (Å²) in [7, 11) is 1.36. The van der Waals surface area contributed by atoms with E-state index in [4.69, 9.17) is 9.57 Å². The zero-order valence-corrected chi connectivity index (χ0v) is 11.8. The first-order valence-electron chi connectivity index (χ1n) is 6.29. The van der Waals surface area contributed by atoms with Gasteiger partial charge in [0.1, 0.15) is 7.11 Å². The molecule has 1 aliphatic rings. The van der Waals surface area contributed by atoms with E-state index >= 15 is 0 Å². The van der Waals surface area contributed by atoms with Gasteiger partial charge in [-0.05, 0) is 19.8 Å². The summed E-state index contributed by atoms with van der Waals surface area (Å²) in [6.07, 6.45) is 0.656. The van der Waals surface area contributed by atoms with E-state index in [-0.39, 0.29) is 17.9 Å². The molecule has 0 aromatic rings. The van der Waals surface area contributed by atoms with Gasteiger partial charge in [-0.3, -0.25) is 0 Å². The maximum Gasteiger partial charge on any atom is 0.388 e. The van der Waals surface area contributed by atoms with E-state index in [1.54, 1.807) is 5.06 Å². The number of ether oxygens (including phenoxy) is 1. The number of hydroxylamine groups is 2. The molecule has 2 atom stereocenters. The van der Waals surface area contributed by atoms with Crippen molar-refractivity contribution >= 4 is 11.7 Å². The Labute approximate surface area is 113 Å². The lowest BCUT2D eigenvalue weighted by Crippen LogP contribution is -2.46. The fourth-order valence-electron chi connectivity index (χ4n) is 1.74. The summed E-state index contributed by atoms with van der Waals surface area (Å²) >= 11 is 0. The smallest absolute Gasteiger partial charge is 0.388 e. The topological polar surface area (TPSA) is 60.4 Å². The quantitative estimate of drug-likeness (QED) is 0.433. The number of rotatable bonds is 3. The van der Waals surface area contributed by atoms with Crippen molar-refractivity contribution in [1.29, 1.82) is 0 Å². The second-order valence-corrected chi connectivity index (χ2v) is 4.26. The fourth-order valence-corrected chi connectivity index (χ4v) is 1.74. The van der Waals surface area contributed by atoms with Crippen LogP contribution >= 0.6 is 0 Å². The molecule has 1 heterocycles. The van der Waals surface area contributed by atoms with Gasteiger partial charge in [0.25, 0.3) is 0 Å². The molecule has 2 unspecified atom stereocenters. The Hall–Kier alpha value is -1.58. The van der Waals surface area contributed by atoms with Crippen LogP contribution in [-0.2, 0) is 19.2 Å². The number of oxime groups is 1. The number of morpholine rings is 1. The van der Waals surface area contributed by atoms with Crippen LogP contribution in [0.4, 0.5) is 0 Å². The summed E-state index contributed by atoms with van der Waals surface area (Å²) in [5.74, 6) is 4.78. The molecule has 0 amide bonds. The molecule has 1 rings (SSSR count). The highest BCUT2D eigenvalue weighted by molar-refractivity contribution is 6.43. The molecule has 0 saturated carbocycles. The minimum Gasteiger partial charge on any atom is -0.398 e. The molecule has 1 fully saturated rings. The van der Waals surface area contributed by atoms with E-state index in [0.29, 0.717) is 19.5 Å². The molecule has 6 heteroatoms. The monoisotopic (exact) mass is 268 g/mol. The Morgan fingerprint density at radius 2 is 2.05 bits per heavy atom. The third-order valence-electron chi connectivity index (χ3n) is 2.36. The Balaban J connectivity index is 2.63. The van der Waals surface area contributed by atoms with Crippen molar-refractivity contribution in [2.24, 2.45) is 5.16 Å². The maximum absolute atomic E-state index is 11.9. The second-order valence-electron chi connectivity index (χ2n) is 4.26. The molecule has 0 N–H and O–H groups in total. The average Bonchev–Trinajstić information content (AvgIpc) is 2.33. The van der Waals surface area contributed by atoms with E-state index in [1.807, 2.05) is 20.8 Å².